The molecule has 13 heteroatoms. The molecule has 220 valence electrons. The van der Waals surface area contributed by atoms with Crippen molar-refractivity contribution in [1.29, 1.82) is 0 Å². The maximum Gasteiger partial charge on any atom is 0.307 e. The minimum absolute atomic E-state index is 0.117. The summed E-state index contributed by atoms with van der Waals surface area (Å²) in [5.74, 6) is 0.995. The maximum atomic E-state index is 13.1. The molecule has 0 aliphatic carbocycles. The molecule has 0 saturated heterocycles. The van der Waals surface area contributed by atoms with Gasteiger partial charge in [0.15, 0.2) is 6.73 Å². The smallest absolute Gasteiger partial charge is 0.307 e. The highest BCUT2D eigenvalue weighted by molar-refractivity contribution is 7.99. The molecule has 42 heavy (non-hydrogen) atoms. The Balaban J connectivity index is 1.22. The van der Waals surface area contributed by atoms with Gasteiger partial charge in [0.05, 0.1) is 12.8 Å². The van der Waals surface area contributed by atoms with Gasteiger partial charge in [0.25, 0.3) is 0 Å². The fraction of sp³-hybridized carbons (Fsp3) is 0.345. The molecule has 4 aromatic rings. The average molecular weight is 625 g/mol. The van der Waals surface area contributed by atoms with Crippen LogP contribution in [0.25, 0.3) is 0 Å². The highest BCUT2D eigenvalue weighted by Crippen LogP contribution is 2.23. The summed E-state index contributed by atoms with van der Waals surface area (Å²) in [6.45, 7) is 1.71. The first-order valence-corrected chi connectivity index (χ1v) is 16.3. The SMILES string of the molecule is CCCC(=O)OCN(C(=O)Cc1ccccc1)c1nnc(CCSCCc2nnc(CC(=O)Nc3ccccc3)s2)s1. The van der Waals surface area contributed by atoms with Gasteiger partial charge in [-0.15, -0.1) is 31.7 Å². The van der Waals surface area contributed by atoms with Crippen LogP contribution in [0, 0.1) is 0 Å². The Morgan fingerprint density at radius 1 is 0.833 bits per heavy atom. The molecule has 2 aromatic heterocycles. The molecular weight excluding hydrogens is 593 g/mol. The highest BCUT2D eigenvalue weighted by atomic mass is 32.2. The lowest BCUT2D eigenvalue weighted by molar-refractivity contribution is -0.144. The number of carbonyl (C=O) groups excluding carboxylic acids is 3. The zero-order chi connectivity index (χ0) is 29.6. The molecule has 0 spiro atoms. The minimum Gasteiger partial charge on any atom is -0.444 e. The van der Waals surface area contributed by atoms with Crippen molar-refractivity contribution < 1.29 is 19.1 Å². The molecule has 1 N–H and O–H groups in total. The standard InChI is InChI=1S/C29H32N6O4S3/c1-2-9-28(38)39-20-35(27(37)18-21-10-5-3-6-11-21)29-34-32-25(42-29)15-17-40-16-14-24-31-33-26(41-24)19-23(36)30-22-12-7-4-8-13-22/h3-8,10-13H,2,9,14-20H2,1H3,(H,30,36). The summed E-state index contributed by atoms with van der Waals surface area (Å²) in [5, 5.41) is 22.5. The minimum atomic E-state index is -0.353. The highest BCUT2D eigenvalue weighted by Gasteiger charge is 2.22. The third-order valence-corrected chi connectivity index (χ3v) is 8.77. The van der Waals surface area contributed by atoms with Gasteiger partial charge in [-0.2, -0.15) is 11.8 Å². The summed E-state index contributed by atoms with van der Waals surface area (Å²) in [6, 6.07) is 18.7. The van der Waals surface area contributed by atoms with E-state index in [0.717, 1.165) is 39.2 Å². The predicted molar refractivity (Wildman–Crippen MR) is 167 cm³/mol. The number of aryl methyl sites for hydroxylation is 2. The summed E-state index contributed by atoms with van der Waals surface area (Å²) >= 11 is 4.55. The van der Waals surface area contributed by atoms with Crippen LogP contribution in [0.2, 0.25) is 0 Å². The normalized spacial score (nSPS) is 10.8. The third kappa shape index (κ3) is 10.3. The first kappa shape index (κ1) is 31.3. The molecule has 0 fully saturated rings. The van der Waals surface area contributed by atoms with Gasteiger partial charge in [0.1, 0.15) is 15.0 Å². The number of anilines is 2. The van der Waals surface area contributed by atoms with Crippen molar-refractivity contribution in [3.63, 3.8) is 0 Å². The quantitative estimate of drug-likeness (QED) is 0.104. The van der Waals surface area contributed by atoms with E-state index in [9.17, 15) is 14.4 Å². The summed E-state index contributed by atoms with van der Waals surface area (Å²) < 4.78 is 5.34. The van der Waals surface area contributed by atoms with Gasteiger partial charge in [-0.1, -0.05) is 66.8 Å². The average Bonchev–Trinajstić information content (AvgIpc) is 3.64. The van der Waals surface area contributed by atoms with Gasteiger partial charge in [0.2, 0.25) is 16.9 Å². The van der Waals surface area contributed by atoms with Gasteiger partial charge in [0, 0.05) is 24.9 Å². The van der Waals surface area contributed by atoms with E-state index in [-0.39, 0.29) is 37.4 Å². The number of rotatable bonds is 16. The van der Waals surface area contributed by atoms with Crippen LogP contribution in [0.4, 0.5) is 10.8 Å². The van der Waals surface area contributed by atoms with Crippen molar-refractivity contribution in [3.8, 4) is 0 Å². The molecule has 0 atom stereocenters. The van der Waals surface area contributed by atoms with Crippen LogP contribution in [-0.4, -0.2) is 56.4 Å². The van der Waals surface area contributed by atoms with Crippen molar-refractivity contribution in [3.05, 3.63) is 81.2 Å². The zero-order valence-electron chi connectivity index (χ0n) is 23.2. The van der Waals surface area contributed by atoms with Crippen molar-refractivity contribution >= 4 is 63.0 Å². The number of thioether (sulfide) groups is 1. The van der Waals surface area contributed by atoms with Gasteiger partial charge in [-0.25, -0.2) is 0 Å². The fourth-order valence-corrected chi connectivity index (χ4v) is 6.54. The van der Waals surface area contributed by atoms with Gasteiger partial charge >= 0.3 is 5.97 Å². The molecule has 0 unspecified atom stereocenters. The first-order chi connectivity index (χ1) is 20.5. The molecule has 0 aliphatic rings. The van der Waals surface area contributed by atoms with Crippen molar-refractivity contribution in [1.82, 2.24) is 20.4 Å². The predicted octanol–water partition coefficient (Wildman–Crippen LogP) is 4.97. The Morgan fingerprint density at radius 2 is 1.48 bits per heavy atom. The second-order valence-electron chi connectivity index (χ2n) is 9.15. The summed E-state index contributed by atoms with van der Waals surface area (Å²) in [5.41, 5.74) is 1.62. The third-order valence-electron chi connectivity index (χ3n) is 5.79. The summed E-state index contributed by atoms with van der Waals surface area (Å²) in [7, 11) is 0. The van der Waals surface area contributed by atoms with E-state index in [1.165, 1.54) is 27.6 Å². The number of esters is 1. The van der Waals surface area contributed by atoms with Crippen LogP contribution >= 0.6 is 34.4 Å². The molecule has 0 radical (unpaired) electrons. The van der Waals surface area contributed by atoms with E-state index in [2.05, 4.69) is 25.7 Å². The number of hydrogen-bond acceptors (Lipinski definition) is 11. The molecule has 0 aliphatic heterocycles. The molecule has 2 heterocycles. The number of benzene rings is 2. The zero-order valence-corrected chi connectivity index (χ0v) is 25.7. The summed E-state index contributed by atoms with van der Waals surface area (Å²) in [6.07, 6.45) is 2.78. The number of amides is 2. The Labute approximate surface area is 256 Å². The van der Waals surface area contributed by atoms with Crippen molar-refractivity contribution in [2.45, 2.75) is 45.4 Å². The number of aromatic nitrogens is 4. The van der Waals surface area contributed by atoms with Crippen LogP contribution < -0.4 is 10.2 Å². The molecular formula is C29H32N6O4S3. The van der Waals surface area contributed by atoms with E-state index in [4.69, 9.17) is 4.74 Å². The number of para-hydroxylation sites is 1. The van der Waals surface area contributed by atoms with Gasteiger partial charge in [-0.3, -0.25) is 19.3 Å². The molecule has 10 nitrogen and oxygen atoms in total. The monoisotopic (exact) mass is 624 g/mol. The topological polar surface area (TPSA) is 127 Å². The maximum absolute atomic E-state index is 13.1. The van der Waals surface area contributed by atoms with Crippen LogP contribution in [0.3, 0.4) is 0 Å². The van der Waals surface area contributed by atoms with E-state index in [0.29, 0.717) is 29.4 Å². The largest absolute Gasteiger partial charge is 0.444 e. The molecule has 2 aromatic carbocycles. The lowest BCUT2D eigenvalue weighted by atomic mass is 10.1. The Morgan fingerprint density at radius 3 is 2.19 bits per heavy atom. The van der Waals surface area contributed by atoms with E-state index in [1.54, 1.807) is 11.8 Å². The lowest BCUT2D eigenvalue weighted by Crippen LogP contribution is -2.35. The molecule has 0 saturated carbocycles. The van der Waals surface area contributed by atoms with E-state index >= 15 is 0 Å². The lowest BCUT2D eigenvalue weighted by Gasteiger charge is -2.19. The molecule has 2 amide bonds. The molecule has 4 rings (SSSR count). The number of ether oxygens (including phenoxy) is 1. The van der Waals surface area contributed by atoms with Crippen LogP contribution in [0.15, 0.2) is 60.7 Å². The van der Waals surface area contributed by atoms with Gasteiger partial charge in [-0.05, 0) is 35.6 Å². The van der Waals surface area contributed by atoms with Crippen LogP contribution in [0.5, 0.6) is 0 Å². The Kier molecular flexibility index (Phi) is 12.4. The first-order valence-electron chi connectivity index (χ1n) is 13.6. The Bertz CT molecular complexity index is 1430. The Hall–Kier alpha value is -3.68. The van der Waals surface area contributed by atoms with Crippen LogP contribution in [0.1, 0.15) is 40.4 Å². The van der Waals surface area contributed by atoms with Gasteiger partial charge < -0.3 is 10.1 Å². The number of nitrogens with one attached hydrogen (secondary N) is 1. The number of nitrogens with zero attached hydrogens (tertiary/aromatic N) is 5. The van der Waals surface area contributed by atoms with Crippen molar-refractivity contribution in [2.75, 3.05) is 28.5 Å². The van der Waals surface area contributed by atoms with E-state index in [1.807, 2.05) is 67.6 Å². The number of carbonyl (C=O) groups is 3. The fourth-order valence-electron chi connectivity index (χ4n) is 3.71. The second kappa shape index (κ2) is 16.7. The number of hydrogen-bond donors (Lipinski definition) is 1. The molecule has 0 bridgehead atoms. The van der Waals surface area contributed by atoms with Crippen molar-refractivity contribution in [2.24, 2.45) is 0 Å². The van der Waals surface area contributed by atoms with Crippen LogP contribution in [-0.2, 0) is 44.8 Å². The van der Waals surface area contributed by atoms with E-state index < -0.39 is 0 Å². The second-order valence-corrected chi connectivity index (χ2v) is 12.6. The summed E-state index contributed by atoms with van der Waals surface area (Å²) in [4.78, 5) is 38.7.